The second-order valence-electron chi connectivity index (χ2n) is 22.2. The first-order valence-corrected chi connectivity index (χ1v) is 28.9. The summed E-state index contributed by atoms with van der Waals surface area (Å²) in [7, 11) is 0. The largest absolute Gasteiger partial charge is 0.459 e. The number of halogens is 2. The van der Waals surface area contributed by atoms with Crippen molar-refractivity contribution in [3.05, 3.63) is 108 Å². The molecular formula is C64H76F2O12. The quantitative estimate of drug-likeness (QED) is 0.0442. The maximum absolute atomic E-state index is 14.6. The molecule has 0 spiro atoms. The molecular weight excluding hydrogens is 999 g/mol. The number of benzene rings is 4. The first-order valence-electron chi connectivity index (χ1n) is 28.9. The van der Waals surface area contributed by atoms with Crippen molar-refractivity contribution in [3.8, 4) is 34.1 Å². The van der Waals surface area contributed by atoms with Crippen LogP contribution in [0.1, 0.15) is 189 Å². The molecule has 4 aliphatic carbocycles. The van der Waals surface area contributed by atoms with E-state index in [4.69, 9.17) is 28.4 Å². The fourth-order valence-electron chi connectivity index (χ4n) is 11.7. The smallest absolute Gasteiger partial charge is 0.338 e. The van der Waals surface area contributed by atoms with Crippen LogP contribution in [0.4, 0.5) is 8.78 Å². The molecule has 78 heavy (non-hydrogen) atoms. The monoisotopic (exact) mass is 1070 g/mol. The van der Waals surface area contributed by atoms with E-state index in [1.54, 1.807) is 48.5 Å². The number of esters is 6. The number of hydrogen-bond donors (Lipinski definition) is 0. The zero-order chi connectivity index (χ0) is 55.0. The molecule has 14 heteroatoms. The molecule has 0 amide bonds. The lowest BCUT2D eigenvalue weighted by Crippen LogP contribution is -2.30. The zero-order valence-corrected chi connectivity index (χ0v) is 45.3. The second-order valence-corrected chi connectivity index (χ2v) is 22.2. The van der Waals surface area contributed by atoms with Crippen molar-refractivity contribution >= 4 is 35.8 Å². The second kappa shape index (κ2) is 28.4. The molecule has 0 unspecified atom stereocenters. The van der Waals surface area contributed by atoms with E-state index in [1.165, 1.54) is 69.6 Å². The summed E-state index contributed by atoms with van der Waals surface area (Å²) >= 11 is 0. The van der Waals surface area contributed by atoms with Crippen LogP contribution in [0.3, 0.4) is 0 Å². The van der Waals surface area contributed by atoms with Gasteiger partial charge < -0.3 is 28.4 Å². The average Bonchev–Trinajstić information content (AvgIpc) is 3.44. The van der Waals surface area contributed by atoms with Crippen LogP contribution in [0.15, 0.2) is 84.9 Å². The molecule has 4 saturated carbocycles. The lowest BCUT2D eigenvalue weighted by Gasteiger charge is -2.27. The summed E-state index contributed by atoms with van der Waals surface area (Å²) in [6, 6.07) is 19.9. The van der Waals surface area contributed by atoms with Crippen molar-refractivity contribution in [2.75, 3.05) is 0 Å². The van der Waals surface area contributed by atoms with Crippen molar-refractivity contribution in [3.63, 3.8) is 0 Å². The molecule has 0 heterocycles. The summed E-state index contributed by atoms with van der Waals surface area (Å²) in [4.78, 5) is 79.2. The average molecular weight is 1080 g/mol. The first-order chi connectivity index (χ1) is 37.8. The molecule has 418 valence electrons. The van der Waals surface area contributed by atoms with Crippen LogP contribution in [0.25, 0.3) is 11.1 Å². The maximum Gasteiger partial charge on any atom is 0.338 e. The number of unbranched alkanes of at least 4 members (excludes halogenated alkanes) is 4. The molecule has 0 aliphatic heterocycles. The SMILES string of the molecule is CCCCC[C@H]1CC[C@H](C(=O)Oc2ccc(C(=O)OC3CCC(C(=O)Oc4ccc(OC(=O)[C@H]5CC[C@H](OC(=O)c6ccc(OC(=O)[C@H]7CC[C@H](CCCCC)CC7)cc6)CC5)cc4-c4cc(F)cc(F)c4)CC3)cc2)CC1. The highest BCUT2D eigenvalue weighted by atomic mass is 19.1. The van der Waals surface area contributed by atoms with Crippen molar-refractivity contribution in [1.82, 2.24) is 0 Å². The Bertz CT molecular complexity index is 2630. The van der Waals surface area contributed by atoms with Crippen molar-refractivity contribution in [1.29, 1.82) is 0 Å². The third-order valence-corrected chi connectivity index (χ3v) is 16.5. The van der Waals surface area contributed by atoms with Gasteiger partial charge in [0.25, 0.3) is 0 Å². The number of ether oxygens (including phenoxy) is 6. The first kappa shape index (κ1) is 57.7. The Morgan fingerprint density at radius 2 is 0.769 bits per heavy atom. The van der Waals surface area contributed by atoms with E-state index in [9.17, 15) is 37.5 Å². The summed E-state index contributed by atoms with van der Waals surface area (Å²) < 4.78 is 63.8. The van der Waals surface area contributed by atoms with Gasteiger partial charge in [0.05, 0.1) is 34.8 Å². The van der Waals surface area contributed by atoms with Crippen LogP contribution >= 0.6 is 0 Å². The molecule has 0 bridgehead atoms. The van der Waals surface area contributed by atoms with E-state index in [1.807, 2.05) is 0 Å². The van der Waals surface area contributed by atoms with Gasteiger partial charge in [0, 0.05) is 11.6 Å². The van der Waals surface area contributed by atoms with Gasteiger partial charge in [-0.1, -0.05) is 65.2 Å². The number of carbonyl (C=O) groups is 6. The lowest BCUT2D eigenvalue weighted by molar-refractivity contribution is -0.141. The van der Waals surface area contributed by atoms with Crippen molar-refractivity contribution in [2.45, 2.75) is 180 Å². The predicted molar refractivity (Wildman–Crippen MR) is 289 cm³/mol. The highest BCUT2D eigenvalue weighted by Crippen LogP contribution is 2.39. The molecule has 0 atom stereocenters. The van der Waals surface area contributed by atoms with Crippen LogP contribution < -0.4 is 18.9 Å². The summed E-state index contributed by atoms with van der Waals surface area (Å²) in [5.41, 5.74) is 0.825. The Hall–Kier alpha value is -6.44. The van der Waals surface area contributed by atoms with E-state index in [0.29, 0.717) is 85.8 Å². The van der Waals surface area contributed by atoms with Crippen LogP contribution in [-0.2, 0) is 28.7 Å². The Balaban J connectivity index is 0.773. The molecule has 4 aromatic carbocycles. The highest BCUT2D eigenvalue weighted by molar-refractivity contribution is 5.90. The van der Waals surface area contributed by atoms with Crippen molar-refractivity contribution in [2.24, 2.45) is 35.5 Å². The Kier molecular flexibility index (Phi) is 21.1. The van der Waals surface area contributed by atoms with Crippen LogP contribution in [0.2, 0.25) is 0 Å². The van der Waals surface area contributed by atoms with E-state index in [0.717, 1.165) is 69.6 Å². The normalized spacial score (nSPS) is 23.3. The molecule has 8 rings (SSSR count). The fourth-order valence-corrected chi connectivity index (χ4v) is 11.7. The van der Waals surface area contributed by atoms with Crippen molar-refractivity contribution < 1.29 is 66.0 Å². The van der Waals surface area contributed by atoms with Gasteiger partial charge in [0.15, 0.2) is 0 Å². The Labute approximate surface area is 457 Å². The van der Waals surface area contributed by atoms with Gasteiger partial charge in [-0.2, -0.15) is 0 Å². The molecule has 4 aromatic rings. The fraction of sp³-hybridized carbons (Fsp3) is 0.531. The summed E-state index contributed by atoms with van der Waals surface area (Å²) in [6.07, 6.45) is 19.6. The minimum Gasteiger partial charge on any atom is -0.459 e. The third-order valence-electron chi connectivity index (χ3n) is 16.5. The van der Waals surface area contributed by atoms with E-state index < -0.39 is 59.6 Å². The summed E-state index contributed by atoms with van der Waals surface area (Å²) in [5.74, 6) is -3.39. The zero-order valence-electron chi connectivity index (χ0n) is 45.3. The van der Waals surface area contributed by atoms with E-state index >= 15 is 0 Å². The number of carbonyl (C=O) groups excluding carboxylic acids is 6. The minimum absolute atomic E-state index is 0.0150. The Morgan fingerprint density at radius 1 is 0.410 bits per heavy atom. The van der Waals surface area contributed by atoms with Gasteiger partial charge in [0.2, 0.25) is 0 Å². The van der Waals surface area contributed by atoms with Gasteiger partial charge >= 0.3 is 35.8 Å². The predicted octanol–water partition coefficient (Wildman–Crippen LogP) is 14.9. The van der Waals surface area contributed by atoms with Gasteiger partial charge in [0.1, 0.15) is 46.8 Å². The molecule has 0 saturated heterocycles. The van der Waals surface area contributed by atoms with Gasteiger partial charge in [-0.15, -0.1) is 0 Å². The molecule has 0 N–H and O–H groups in total. The van der Waals surface area contributed by atoms with Gasteiger partial charge in [-0.05, 0) is 199 Å². The molecule has 0 aromatic heterocycles. The van der Waals surface area contributed by atoms with Gasteiger partial charge in [-0.25, -0.2) is 18.4 Å². The van der Waals surface area contributed by atoms with E-state index in [-0.39, 0.29) is 46.4 Å². The minimum atomic E-state index is -0.853. The molecule has 4 aliphatic rings. The standard InChI is InChI=1S/C64H76F2O12/c1-3-5-7-9-41-11-15-43(16-12-41)59(67)73-52-27-19-45(20-28-52)61(69)75-54-31-23-47(24-32-54)63(71)77-56-35-36-58(57(40-56)49-37-50(65)39-51(66)38-49)78-64(72)48-25-33-55(34-26-48)76-62(70)46-21-29-53(30-22-46)74-60(68)44-17-13-42(14-18-44)10-8-6-4-2/h19-22,27-30,35-44,47-48,54-55H,3-18,23-26,31-34H2,1-2H3/t41-,42-,43-,44-,47-,48?,54-,55?. The maximum atomic E-state index is 14.6. The summed E-state index contributed by atoms with van der Waals surface area (Å²) in [6.45, 7) is 4.41. The Morgan fingerprint density at radius 3 is 1.17 bits per heavy atom. The van der Waals surface area contributed by atoms with Crippen LogP contribution in [0, 0.1) is 47.1 Å². The molecule has 0 radical (unpaired) electrons. The van der Waals surface area contributed by atoms with Gasteiger partial charge in [-0.3, -0.25) is 19.2 Å². The molecule has 4 fully saturated rings. The lowest BCUT2D eigenvalue weighted by atomic mass is 9.80. The summed E-state index contributed by atoms with van der Waals surface area (Å²) in [5, 5.41) is 0. The highest BCUT2D eigenvalue weighted by Gasteiger charge is 2.34. The molecule has 12 nitrogen and oxygen atoms in total. The van der Waals surface area contributed by atoms with Crippen LogP contribution in [0.5, 0.6) is 23.0 Å². The topological polar surface area (TPSA) is 158 Å². The van der Waals surface area contributed by atoms with Crippen LogP contribution in [-0.4, -0.2) is 48.0 Å². The third kappa shape index (κ3) is 16.5. The number of rotatable bonds is 21. The van der Waals surface area contributed by atoms with E-state index in [2.05, 4.69) is 13.8 Å². The number of hydrogen-bond acceptors (Lipinski definition) is 12.